The van der Waals surface area contributed by atoms with Crippen LogP contribution >= 0.6 is 0 Å². The molecule has 1 aromatic carbocycles. The first-order valence-corrected chi connectivity index (χ1v) is 10.4. The minimum atomic E-state index is -2.44. The van der Waals surface area contributed by atoms with Crippen molar-refractivity contribution in [2.24, 2.45) is 17.3 Å². The van der Waals surface area contributed by atoms with E-state index in [1.165, 1.54) is 12.1 Å². The maximum Gasteiger partial charge on any atom is 0.248 e. The van der Waals surface area contributed by atoms with Crippen molar-refractivity contribution >= 4 is 11.6 Å². The topological polar surface area (TPSA) is 32.3 Å². The molecule has 0 aromatic heterocycles. The van der Waals surface area contributed by atoms with Crippen LogP contribution in [0.1, 0.15) is 50.5 Å². The summed E-state index contributed by atoms with van der Waals surface area (Å²) in [4.78, 5) is 14.8. The van der Waals surface area contributed by atoms with Crippen LogP contribution in [0.25, 0.3) is 0 Å². The van der Waals surface area contributed by atoms with E-state index >= 15 is 0 Å². The zero-order valence-corrected chi connectivity index (χ0v) is 16.4. The van der Waals surface area contributed by atoms with Gasteiger partial charge in [0.2, 0.25) is 11.8 Å². The number of likely N-dealkylation sites (tertiary alicyclic amines) is 1. The van der Waals surface area contributed by atoms with E-state index in [1.807, 2.05) is 0 Å². The maximum atomic E-state index is 13.5. The summed E-state index contributed by atoms with van der Waals surface area (Å²) in [5.41, 5.74) is 1.58. The molecule has 0 bridgehead atoms. The Kier molecular flexibility index (Phi) is 5.19. The van der Waals surface area contributed by atoms with Gasteiger partial charge in [-0.05, 0) is 80.7 Å². The third kappa shape index (κ3) is 4.37. The van der Waals surface area contributed by atoms with Crippen molar-refractivity contribution in [2.75, 3.05) is 25.0 Å². The number of amides is 1. The fraction of sp³-hybridized carbons (Fsp3) is 0.682. The molecule has 0 atom stereocenters. The normalized spacial score (nSPS) is 24.6. The first kappa shape index (κ1) is 19.7. The highest BCUT2D eigenvalue weighted by Crippen LogP contribution is 2.52. The fourth-order valence-corrected chi connectivity index (χ4v) is 5.30. The molecule has 0 unspecified atom stereocenters. The second-order valence-corrected chi connectivity index (χ2v) is 9.41. The summed E-state index contributed by atoms with van der Waals surface area (Å²) in [6.45, 7) is 4.81. The number of anilines is 1. The van der Waals surface area contributed by atoms with Crippen LogP contribution in [0.4, 0.5) is 18.9 Å². The van der Waals surface area contributed by atoms with Gasteiger partial charge in [-0.25, -0.2) is 13.2 Å². The molecule has 1 N–H and O–H groups in total. The minimum absolute atomic E-state index is 0.00583. The van der Waals surface area contributed by atoms with Gasteiger partial charge < -0.3 is 10.2 Å². The summed E-state index contributed by atoms with van der Waals surface area (Å²) in [6, 6.07) is 4.57. The molecule has 154 valence electrons. The van der Waals surface area contributed by atoms with E-state index in [-0.39, 0.29) is 35.9 Å². The molecule has 3 fully saturated rings. The minimum Gasteiger partial charge on any atom is -0.326 e. The first-order chi connectivity index (χ1) is 13.2. The number of nitrogens with one attached hydrogen (secondary N) is 1. The number of alkyl halides is 2. The van der Waals surface area contributed by atoms with Crippen LogP contribution in [-0.2, 0) is 4.79 Å². The number of hydrogen-bond donors (Lipinski definition) is 1. The van der Waals surface area contributed by atoms with Gasteiger partial charge in [0, 0.05) is 37.5 Å². The van der Waals surface area contributed by atoms with E-state index in [4.69, 9.17) is 0 Å². The Morgan fingerprint density at radius 2 is 1.86 bits per heavy atom. The van der Waals surface area contributed by atoms with Crippen molar-refractivity contribution in [3.05, 3.63) is 29.6 Å². The molecule has 2 aliphatic carbocycles. The smallest absolute Gasteiger partial charge is 0.248 e. The van der Waals surface area contributed by atoms with E-state index in [0.29, 0.717) is 24.4 Å². The van der Waals surface area contributed by atoms with Crippen LogP contribution < -0.4 is 5.32 Å². The molecular formula is C22H29F3N2O. The predicted octanol–water partition coefficient (Wildman–Crippen LogP) is 5.00. The number of nitrogens with zero attached hydrogens (tertiary/aromatic N) is 1. The molecule has 1 aliphatic heterocycles. The number of hydrogen-bond acceptors (Lipinski definition) is 2. The molecule has 1 spiro atoms. The summed E-state index contributed by atoms with van der Waals surface area (Å²) in [7, 11) is 0. The SMILES string of the molecule is Cc1cc(F)cc(NC(=O)C2CC3(C2)CN(CCC2CCC(F)(F)CC2)C3)c1. The summed E-state index contributed by atoms with van der Waals surface area (Å²) in [5, 5.41) is 2.84. The molecule has 3 nitrogen and oxygen atoms in total. The third-order valence-electron chi connectivity index (χ3n) is 6.85. The molecule has 1 aromatic rings. The molecule has 4 rings (SSSR count). The average molecular weight is 394 g/mol. The average Bonchev–Trinajstić information content (AvgIpc) is 2.52. The van der Waals surface area contributed by atoms with E-state index in [9.17, 15) is 18.0 Å². The van der Waals surface area contributed by atoms with Crippen LogP contribution in [0, 0.1) is 30.0 Å². The van der Waals surface area contributed by atoms with Crippen molar-refractivity contribution in [1.82, 2.24) is 4.90 Å². The van der Waals surface area contributed by atoms with E-state index in [2.05, 4.69) is 10.2 Å². The Labute approximate surface area is 164 Å². The summed E-state index contributed by atoms with van der Waals surface area (Å²) in [5.74, 6) is -2.35. The zero-order valence-electron chi connectivity index (χ0n) is 16.4. The first-order valence-electron chi connectivity index (χ1n) is 10.4. The molecule has 1 saturated heterocycles. The summed E-state index contributed by atoms with van der Waals surface area (Å²) >= 11 is 0. The van der Waals surface area contributed by atoms with Crippen LogP contribution in [0.5, 0.6) is 0 Å². The molecule has 6 heteroatoms. The lowest BCUT2D eigenvalue weighted by Gasteiger charge is -2.59. The lowest BCUT2D eigenvalue weighted by Crippen LogP contribution is -2.63. The quantitative estimate of drug-likeness (QED) is 0.762. The highest BCUT2D eigenvalue weighted by Gasteiger charge is 2.54. The Balaban J connectivity index is 1.16. The molecule has 0 radical (unpaired) electrons. The van der Waals surface area contributed by atoms with Gasteiger partial charge in [0.1, 0.15) is 5.82 Å². The Morgan fingerprint density at radius 3 is 2.50 bits per heavy atom. The second-order valence-electron chi connectivity index (χ2n) is 9.41. The van der Waals surface area contributed by atoms with Gasteiger partial charge in [-0.3, -0.25) is 4.79 Å². The van der Waals surface area contributed by atoms with Gasteiger partial charge in [0.25, 0.3) is 0 Å². The van der Waals surface area contributed by atoms with Crippen LogP contribution in [0.2, 0.25) is 0 Å². The lowest BCUT2D eigenvalue weighted by atomic mass is 9.57. The predicted molar refractivity (Wildman–Crippen MR) is 103 cm³/mol. The van der Waals surface area contributed by atoms with Gasteiger partial charge >= 0.3 is 0 Å². The number of carbonyl (C=O) groups excluding carboxylic acids is 1. The van der Waals surface area contributed by atoms with Crippen LogP contribution in [0.3, 0.4) is 0 Å². The molecule has 1 heterocycles. The molecule has 28 heavy (non-hydrogen) atoms. The van der Waals surface area contributed by atoms with E-state index < -0.39 is 5.92 Å². The van der Waals surface area contributed by atoms with Crippen molar-refractivity contribution in [3.8, 4) is 0 Å². The molecule has 2 saturated carbocycles. The second kappa shape index (κ2) is 7.36. The van der Waals surface area contributed by atoms with Crippen molar-refractivity contribution < 1.29 is 18.0 Å². The summed E-state index contributed by atoms with van der Waals surface area (Å²) < 4.78 is 39.9. The van der Waals surface area contributed by atoms with E-state index in [0.717, 1.165) is 44.5 Å². The van der Waals surface area contributed by atoms with Crippen molar-refractivity contribution in [1.29, 1.82) is 0 Å². The Hall–Kier alpha value is -1.56. The number of halogens is 3. The molecular weight excluding hydrogens is 365 g/mol. The van der Waals surface area contributed by atoms with Gasteiger partial charge in [-0.2, -0.15) is 0 Å². The van der Waals surface area contributed by atoms with E-state index in [1.54, 1.807) is 13.0 Å². The van der Waals surface area contributed by atoms with Gasteiger partial charge in [0.05, 0.1) is 0 Å². The number of aryl methyl sites for hydroxylation is 1. The van der Waals surface area contributed by atoms with Crippen LogP contribution in [0.15, 0.2) is 18.2 Å². The Bertz CT molecular complexity index is 707. The van der Waals surface area contributed by atoms with Crippen molar-refractivity contribution in [3.63, 3.8) is 0 Å². The van der Waals surface area contributed by atoms with Gasteiger partial charge in [0.15, 0.2) is 0 Å². The largest absolute Gasteiger partial charge is 0.326 e. The molecule has 1 amide bonds. The standard InChI is InChI=1S/C22H29F3N2O/c1-15-8-18(23)10-19(9-15)26-20(28)17-11-21(12-17)13-27(14-21)7-4-16-2-5-22(24,25)6-3-16/h8-10,16-17H,2-7,11-14H2,1H3,(H,26,28). The van der Waals surface area contributed by atoms with Crippen LogP contribution in [-0.4, -0.2) is 36.4 Å². The monoisotopic (exact) mass is 394 g/mol. The number of carbonyl (C=O) groups is 1. The third-order valence-corrected chi connectivity index (χ3v) is 6.85. The van der Waals surface area contributed by atoms with Crippen molar-refractivity contribution in [2.45, 2.75) is 57.8 Å². The van der Waals surface area contributed by atoms with Gasteiger partial charge in [-0.1, -0.05) is 0 Å². The fourth-order valence-electron chi connectivity index (χ4n) is 5.30. The maximum absolute atomic E-state index is 13.5. The number of benzene rings is 1. The Morgan fingerprint density at radius 1 is 1.18 bits per heavy atom. The highest BCUT2D eigenvalue weighted by molar-refractivity contribution is 5.93. The number of rotatable bonds is 5. The lowest BCUT2D eigenvalue weighted by molar-refractivity contribution is -0.139. The summed E-state index contributed by atoms with van der Waals surface area (Å²) in [6.07, 6.45) is 4.17. The zero-order chi connectivity index (χ0) is 19.9. The molecule has 3 aliphatic rings. The highest BCUT2D eigenvalue weighted by atomic mass is 19.3. The van der Waals surface area contributed by atoms with Gasteiger partial charge in [-0.15, -0.1) is 0 Å².